The molecule has 1 heterocycles. The van der Waals surface area contributed by atoms with Crippen molar-refractivity contribution in [3.8, 4) is 11.5 Å². The monoisotopic (exact) mass is 492 g/mol. The third-order valence-electron chi connectivity index (χ3n) is 5.49. The van der Waals surface area contributed by atoms with Crippen molar-refractivity contribution in [2.45, 2.75) is 31.2 Å². The number of benzene rings is 3. The number of amides is 1. The first-order valence-electron chi connectivity index (χ1n) is 11.1. The average Bonchev–Trinajstić information content (AvgIpc) is 3.32. The van der Waals surface area contributed by atoms with Gasteiger partial charge in [0.25, 0.3) is 0 Å². The molecule has 4 rings (SSSR count). The number of carbonyl (C=O) groups is 1. The molecule has 0 aliphatic carbocycles. The number of thiazole rings is 1. The van der Waals surface area contributed by atoms with Crippen molar-refractivity contribution < 1.29 is 14.3 Å². The van der Waals surface area contributed by atoms with E-state index in [1.165, 1.54) is 4.90 Å². The zero-order valence-corrected chi connectivity index (χ0v) is 21.2. The number of hydrogen-bond acceptors (Lipinski definition) is 6. The second-order valence-electron chi connectivity index (χ2n) is 7.85. The van der Waals surface area contributed by atoms with Gasteiger partial charge in [-0.2, -0.15) is 0 Å². The van der Waals surface area contributed by atoms with Crippen LogP contribution >= 0.6 is 23.1 Å². The summed E-state index contributed by atoms with van der Waals surface area (Å²) in [6, 6.07) is 22.0. The Morgan fingerprint density at radius 1 is 1.00 bits per heavy atom. The summed E-state index contributed by atoms with van der Waals surface area (Å²) < 4.78 is 11.8. The Labute approximate surface area is 208 Å². The molecule has 0 unspecified atom stereocenters. The minimum Gasteiger partial charge on any atom is -0.497 e. The molecule has 0 bridgehead atoms. The van der Waals surface area contributed by atoms with Gasteiger partial charge in [-0.25, -0.2) is 4.98 Å². The van der Waals surface area contributed by atoms with Crippen molar-refractivity contribution in [2.75, 3.05) is 24.9 Å². The van der Waals surface area contributed by atoms with Gasteiger partial charge in [-0.05, 0) is 60.6 Å². The van der Waals surface area contributed by atoms with Gasteiger partial charge in [0.15, 0.2) is 5.13 Å². The van der Waals surface area contributed by atoms with Crippen molar-refractivity contribution in [3.05, 3.63) is 77.9 Å². The first-order chi connectivity index (χ1) is 16.6. The van der Waals surface area contributed by atoms with E-state index < -0.39 is 0 Å². The molecule has 5 nitrogen and oxygen atoms in total. The number of aromatic nitrogens is 1. The van der Waals surface area contributed by atoms with Gasteiger partial charge in [0, 0.05) is 11.3 Å². The van der Waals surface area contributed by atoms with Gasteiger partial charge in [-0.15, -0.1) is 11.8 Å². The molecule has 0 spiro atoms. The molecule has 3 aromatic carbocycles. The van der Waals surface area contributed by atoms with Crippen molar-refractivity contribution in [1.82, 2.24) is 4.98 Å². The number of thioether (sulfide) groups is 1. The molecule has 0 atom stereocenters. The number of fused-ring (bicyclic) bond motifs is 1. The van der Waals surface area contributed by atoms with Crippen LogP contribution in [0.5, 0.6) is 11.5 Å². The minimum atomic E-state index is 0.0786. The molecule has 7 heteroatoms. The molecule has 0 aliphatic rings. The Kier molecular flexibility index (Phi) is 8.08. The zero-order valence-electron chi connectivity index (χ0n) is 19.6. The second kappa shape index (κ2) is 11.4. The fourth-order valence-corrected chi connectivity index (χ4v) is 5.55. The maximum atomic E-state index is 13.4. The number of rotatable bonds is 10. The molecule has 0 radical (unpaired) electrons. The molecule has 0 N–H and O–H groups in total. The first-order valence-corrected chi connectivity index (χ1v) is 12.9. The molecule has 34 heavy (non-hydrogen) atoms. The van der Waals surface area contributed by atoms with Crippen molar-refractivity contribution >= 4 is 44.4 Å². The Morgan fingerprint density at radius 3 is 2.47 bits per heavy atom. The minimum absolute atomic E-state index is 0.0786. The van der Waals surface area contributed by atoms with Gasteiger partial charge in [-0.1, -0.05) is 47.7 Å². The van der Waals surface area contributed by atoms with Crippen LogP contribution in [-0.4, -0.2) is 30.9 Å². The Morgan fingerprint density at radius 2 is 1.76 bits per heavy atom. The fraction of sp³-hybridized carbons (Fsp3) is 0.259. The summed E-state index contributed by atoms with van der Waals surface area (Å²) in [4.78, 5) is 21.2. The Balaban J connectivity index is 1.49. The number of methoxy groups -OCH3 is 2. The number of carbonyl (C=O) groups excluding carboxylic acids is 1. The lowest BCUT2D eigenvalue weighted by Gasteiger charge is -2.20. The van der Waals surface area contributed by atoms with Crippen LogP contribution in [0.25, 0.3) is 10.2 Å². The van der Waals surface area contributed by atoms with Gasteiger partial charge in [-0.3, -0.25) is 9.69 Å². The largest absolute Gasteiger partial charge is 0.497 e. The summed E-state index contributed by atoms with van der Waals surface area (Å²) in [7, 11) is 3.31. The highest BCUT2D eigenvalue weighted by Crippen LogP contribution is 2.37. The van der Waals surface area contributed by atoms with E-state index in [-0.39, 0.29) is 5.91 Å². The quantitative estimate of drug-likeness (QED) is 0.181. The van der Waals surface area contributed by atoms with Gasteiger partial charge >= 0.3 is 0 Å². The van der Waals surface area contributed by atoms with E-state index in [1.807, 2.05) is 71.6 Å². The van der Waals surface area contributed by atoms with Crippen LogP contribution in [0.3, 0.4) is 0 Å². The molecule has 1 amide bonds. The van der Waals surface area contributed by atoms with Crippen LogP contribution in [0.4, 0.5) is 5.13 Å². The highest BCUT2D eigenvalue weighted by atomic mass is 32.2. The predicted molar refractivity (Wildman–Crippen MR) is 141 cm³/mol. The number of nitrogens with zero attached hydrogens (tertiary/aromatic N) is 2. The van der Waals surface area contributed by atoms with E-state index in [4.69, 9.17) is 14.5 Å². The van der Waals surface area contributed by atoms with E-state index >= 15 is 0 Å². The summed E-state index contributed by atoms with van der Waals surface area (Å²) >= 11 is 3.29. The highest BCUT2D eigenvalue weighted by Gasteiger charge is 2.22. The topological polar surface area (TPSA) is 51.7 Å². The van der Waals surface area contributed by atoms with Crippen LogP contribution in [-0.2, 0) is 11.3 Å². The highest BCUT2D eigenvalue weighted by molar-refractivity contribution is 7.99. The number of hydrogen-bond donors (Lipinski definition) is 0. The van der Waals surface area contributed by atoms with E-state index in [0.29, 0.717) is 18.1 Å². The lowest BCUT2D eigenvalue weighted by atomic mass is 10.2. The van der Waals surface area contributed by atoms with Crippen LogP contribution in [0, 0.1) is 6.92 Å². The second-order valence-corrected chi connectivity index (χ2v) is 10.00. The smallest absolute Gasteiger partial charge is 0.229 e. The number of aryl methyl sites for hydroxylation is 1. The molecular formula is C27H28N2O3S2. The van der Waals surface area contributed by atoms with Crippen LogP contribution in [0.1, 0.15) is 24.0 Å². The van der Waals surface area contributed by atoms with E-state index in [0.717, 1.165) is 45.0 Å². The number of ether oxygens (including phenoxy) is 2. The van der Waals surface area contributed by atoms with Gasteiger partial charge in [0.2, 0.25) is 5.91 Å². The van der Waals surface area contributed by atoms with Gasteiger partial charge in [0.05, 0.1) is 25.5 Å². The standard InChI is InChI=1S/C27H28N2O3S2/c1-19-11-16-23(32-3)25-26(19)34-27(28-25)29(18-20-8-5-4-6-9-20)24(30)10-7-17-33-22-14-12-21(31-2)13-15-22/h4-6,8-9,11-16H,7,10,17-18H2,1-3H3. The van der Waals surface area contributed by atoms with Crippen molar-refractivity contribution in [1.29, 1.82) is 0 Å². The maximum absolute atomic E-state index is 13.4. The molecule has 1 aromatic heterocycles. The van der Waals surface area contributed by atoms with Crippen LogP contribution in [0.15, 0.2) is 71.6 Å². The molecular weight excluding hydrogens is 464 g/mol. The van der Waals surface area contributed by atoms with Crippen LogP contribution < -0.4 is 14.4 Å². The summed E-state index contributed by atoms with van der Waals surface area (Å²) in [6.07, 6.45) is 1.25. The molecule has 0 saturated carbocycles. The third-order valence-corrected chi connectivity index (χ3v) is 7.80. The van der Waals surface area contributed by atoms with Gasteiger partial charge < -0.3 is 9.47 Å². The van der Waals surface area contributed by atoms with Gasteiger partial charge in [0.1, 0.15) is 17.0 Å². The zero-order chi connectivity index (χ0) is 23.9. The van der Waals surface area contributed by atoms with Crippen molar-refractivity contribution in [3.63, 3.8) is 0 Å². The summed E-state index contributed by atoms with van der Waals surface area (Å²) in [5, 5.41) is 0.708. The normalized spacial score (nSPS) is 10.9. The molecule has 0 saturated heterocycles. The van der Waals surface area contributed by atoms with Crippen LogP contribution in [0.2, 0.25) is 0 Å². The Bertz CT molecular complexity index is 1240. The SMILES string of the molecule is COc1ccc(SCCCC(=O)N(Cc2ccccc2)c2nc3c(OC)ccc(C)c3s2)cc1. The molecule has 4 aromatic rings. The molecule has 0 aliphatic heterocycles. The predicted octanol–water partition coefficient (Wildman–Crippen LogP) is 6.73. The fourth-order valence-electron chi connectivity index (χ4n) is 3.63. The molecule has 0 fully saturated rings. The van der Waals surface area contributed by atoms with Crippen molar-refractivity contribution in [2.24, 2.45) is 0 Å². The van der Waals surface area contributed by atoms with E-state index in [2.05, 4.69) is 6.92 Å². The first kappa shape index (κ1) is 24.1. The maximum Gasteiger partial charge on any atom is 0.229 e. The molecule has 176 valence electrons. The number of anilines is 1. The third kappa shape index (κ3) is 5.72. The Hall–Kier alpha value is -3.03. The van der Waals surface area contributed by atoms with E-state index in [1.54, 1.807) is 37.3 Å². The summed E-state index contributed by atoms with van der Waals surface area (Å²) in [6.45, 7) is 2.55. The lowest BCUT2D eigenvalue weighted by molar-refractivity contribution is -0.118. The lowest BCUT2D eigenvalue weighted by Crippen LogP contribution is -2.30. The summed E-state index contributed by atoms with van der Waals surface area (Å²) in [5.41, 5.74) is 3.01. The summed E-state index contributed by atoms with van der Waals surface area (Å²) in [5.74, 6) is 2.52. The average molecular weight is 493 g/mol. The van der Waals surface area contributed by atoms with E-state index in [9.17, 15) is 4.79 Å².